The Kier molecular flexibility index (Phi) is 7.46. The van der Waals surface area contributed by atoms with Crippen LogP contribution in [0.5, 0.6) is 0 Å². The molecule has 24 heavy (non-hydrogen) atoms. The van der Waals surface area contributed by atoms with Crippen LogP contribution in [0.2, 0.25) is 0 Å². The van der Waals surface area contributed by atoms with Crippen LogP contribution in [0.15, 0.2) is 54.6 Å². The predicted molar refractivity (Wildman–Crippen MR) is 101 cm³/mol. The molecule has 0 heterocycles. The Morgan fingerprint density at radius 3 is 2.12 bits per heavy atom. The topological polar surface area (TPSA) is 52.3 Å². The fourth-order valence-electron chi connectivity index (χ4n) is 2.91. The zero-order valence-electron chi connectivity index (χ0n) is 14.5. The van der Waals surface area contributed by atoms with E-state index < -0.39 is 5.41 Å². The number of halogens is 1. The fraction of sp³-hybridized carbons (Fsp3) is 0.350. The van der Waals surface area contributed by atoms with Crippen molar-refractivity contribution < 1.29 is 9.53 Å². The van der Waals surface area contributed by atoms with Gasteiger partial charge < -0.3 is 10.5 Å². The summed E-state index contributed by atoms with van der Waals surface area (Å²) in [4.78, 5) is 12.5. The summed E-state index contributed by atoms with van der Waals surface area (Å²) >= 11 is 0. The number of ether oxygens (including phenoxy) is 1. The molecule has 0 saturated carbocycles. The standard InChI is InChI=1S/C20H25NO2.ClH/c1-4-23-19(22)20(3,14-15(2)21)18-12-10-17(11-13-18)16-8-6-5-7-9-16;/h5-13,15H,4,14,21H2,1-3H3;1H. The Morgan fingerprint density at radius 2 is 1.62 bits per heavy atom. The average molecular weight is 348 g/mol. The molecule has 0 aliphatic carbocycles. The van der Waals surface area contributed by atoms with Gasteiger partial charge in [-0.2, -0.15) is 0 Å². The number of benzene rings is 2. The lowest BCUT2D eigenvalue weighted by Crippen LogP contribution is -2.39. The van der Waals surface area contributed by atoms with Crippen molar-refractivity contribution in [2.75, 3.05) is 6.61 Å². The third-order valence-corrected chi connectivity index (χ3v) is 4.09. The average Bonchev–Trinajstić information content (AvgIpc) is 2.55. The monoisotopic (exact) mass is 347 g/mol. The van der Waals surface area contributed by atoms with Crippen molar-refractivity contribution >= 4 is 18.4 Å². The number of nitrogens with two attached hydrogens (primary N) is 1. The minimum absolute atomic E-state index is 0. The van der Waals surface area contributed by atoms with Gasteiger partial charge in [-0.1, -0.05) is 54.6 Å². The van der Waals surface area contributed by atoms with Crippen LogP contribution in [0.1, 0.15) is 32.8 Å². The molecule has 0 saturated heterocycles. The lowest BCUT2D eigenvalue weighted by Gasteiger charge is -2.29. The second-order valence-corrected chi connectivity index (χ2v) is 6.18. The van der Waals surface area contributed by atoms with Crippen molar-refractivity contribution in [1.29, 1.82) is 0 Å². The van der Waals surface area contributed by atoms with E-state index in [1.807, 2.05) is 63.2 Å². The smallest absolute Gasteiger partial charge is 0.316 e. The molecule has 0 aliphatic heterocycles. The Bertz CT molecular complexity index is 640. The van der Waals surface area contributed by atoms with Gasteiger partial charge in [-0.15, -0.1) is 12.4 Å². The van der Waals surface area contributed by atoms with Crippen LogP contribution in [0, 0.1) is 0 Å². The van der Waals surface area contributed by atoms with Crippen molar-refractivity contribution in [3.8, 4) is 11.1 Å². The summed E-state index contributed by atoms with van der Waals surface area (Å²) < 4.78 is 5.28. The lowest BCUT2D eigenvalue weighted by atomic mass is 9.77. The summed E-state index contributed by atoms with van der Waals surface area (Å²) in [7, 11) is 0. The first-order valence-electron chi connectivity index (χ1n) is 8.06. The largest absolute Gasteiger partial charge is 0.465 e. The summed E-state index contributed by atoms with van der Waals surface area (Å²) in [6.45, 7) is 6.01. The van der Waals surface area contributed by atoms with Gasteiger partial charge in [-0.25, -0.2) is 0 Å². The molecule has 2 rings (SSSR count). The van der Waals surface area contributed by atoms with Gasteiger partial charge in [0.1, 0.15) is 0 Å². The molecule has 2 unspecified atom stereocenters. The molecule has 0 amide bonds. The Labute approximate surface area is 150 Å². The van der Waals surface area contributed by atoms with Gasteiger partial charge in [0.25, 0.3) is 0 Å². The van der Waals surface area contributed by atoms with E-state index in [9.17, 15) is 4.79 Å². The first kappa shape index (κ1) is 20.2. The summed E-state index contributed by atoms with van der Waals surface area (Å²) in [5.74, 6) is -0.218. The van der Waals surface area contributed by atoms with Crippen molar-refractivity contribution in [1.82, 2.24) is 0 Å². The predicted octanol–water partition coefficient (Wildman–Crippen LogP) is 4.33. The molecule has 0 bridgehead atoms. The molecule has 0 spiro atoms. The van der Waals surface area contributed by atoms with E-state index in [0.717, 1.165) is 16.7 Å². The van der Waals surface area contributed by atoms with E-state index in [4.69, 9.17) is 10.5 Å². The molecule has 0 aliphatic rings. The zero-order chi connectivity index (χ0) is 16.9. The van der Waals surface area contributed by atoms with Crippen LogP contribution in [-0.4, -0.2) is 18.6 Å². The molecule has 4 heteroatoms. The molecule has 0 aromatic heterocycles. The highest BCUT2D eigenvalue weighted by molar-refractivity contribution is 5.85. The number of hydrogen-bond acceptors (Lipinski definition) is 3. The van der Waals surface area contributed by atoms with E-state index >= 15 is 0 Å². The van der Waals surface area contributed by atoms with Crippen molar-refractivity contribution in [3.05, 3.63) is 60.2 Å². The number of hydrogen-bond donors (Lipinski definition) is 1. The third-order valence-electron chi connectivity index (χ3n) is 4.09. The Hall–Kier alpha value is -1.84. The lowest BCUT2D eigenvalue weighted by molar-refractivity contribution is -0.150. The maximum Gasteiger partial charge on any atom is 0.316 e. The van der Waals surface area contributed by atoms with E-state index in [1.54, 1.807) is 0 Å². The second-order valence-electron chi connectivity index (χ2n) is 6.18. The van der Waals surface area contributed by atoms with Gasteiger partial charge in [0.15, 0.2) is 0 Å². The molecular weight excluding hydrogens is 322 g/mol. The molecular formula is C20H26ClNO2. The van der Waals surface area contributed by atoms with Crippen LogP contribution in [-0.2, 0) is 14.9 Å². The molecule has 0 radical (unpaired) electrons. The highest BCUT2D eigenvalue weighted by Gasteiger charge is 2.37. The summed E-state index contributed by atoms with van der Waals surface area (Å²) in [5, 5.41) is 0. The highest BCUT2D eigenvalue weighted by atomic mass is 35.5. The van der Waals surface area contributed by atoms with Crippen molar-refractivity contribution in [3.63, 3.8) is 0 Å². The quantitative estimate of drug-likeness (QED) is 0.791. The highest BCUT2D eigenvalue weighted by Crippen LogP contribution is 2.32. The molecule has 130 valence electrons. The number of rotatable bonds is 6. The van der Waals surface area contributed by atoms with Gasteiger partial charge >= 0.3 is 5.97 Å². The van der Waals surface area contributed by atoms with Crippen molar-refractivity contribution in [2.24, 2.45) is 5.73 Å². The summed E-state index contributed by atoms with van der Waals surface area (Å²) in [6.07, 6.45) is 0.552. The van der Waals surface area contributed by atoms with Crippen LogP contribution in [0.4, 0.5) is 0 Å². The minimum Gasteiger partial charge on any atom is -0.465 e. The van der Waals surface area contributed by atoms with Crippen LogP contribution < -0.4 is 5.73 Å². The molecule has 2 aromatic rings. The maximum atomic E-state index is 12.5. The second kappa shape index (κ2) is 8.86. The minimum atomic E-state index is -0.723. The van der Waals surface area contributed by atoms with E-state index in [0.29, 0.717) is 13.0 Å². The summed E-state index contributed by atoms with van der Waals surface area (Å²) in [6, 6.07) is 18.2. The van der Waals surface area contributed by atoms with E-state index in [1.165, 1.54) is 0 Å². The van der Waals surface area contributed by atoms with E-state index in [2.05, 4.69) is 12.1 Å². The van der Waals surface area contributed by atoms with Crippen molar-refractivity contribution in [2.45, 2.75) is 38.6 Å². The molecule has 2 aromatic carbocycles. The number of carbonyl (C=O) groups is 1. The third kappa shape index (κ3) is 4.59. The molecule has 2 N–H and O–H groups in total. The van der Waals surface area contributed by atoms with Gasteiger partial charge in [0.05, 0.1) is 12.0 Å². The fourth-order valence-corrected chi connectivity index (χ4v) is 2.91. The summed E-state index contributed by atoms with van der Waals surface area (Å²) in [5.41, 5.74) is 8.46. The van der Waals surface area contributed by atoms with E-state index in [-0.39, 0.29) is 24.4 Å². The van der Waals surface area contributed by atoms with Crippen LogP contribution >= 0.6 is 12.4 Å². The van der Waals surface area contributed by atoms with Gasteiger partial charge in [-0.3, -0.25) is 4.79 Å². The van der Waals surface area contributed by atoms with Gasteiger partial charge in [0.2, 0.25) is 0 Å². The maximum absolute atomic E-state index is 12.5. The molecule has 2 atom stereocenters. The zero-order valence-corrected chi connectivity index (χ0v) is 15.3. The first-order valence-corrected chi connectivity index (χ1v) is 8.06. The van der Waals surface area contributed by atoms with Gasteiger partial charge in [0, 0.05) is 6.04 Å². The number of esters is 1. The Morgan fingerprint density at radius 1 is 1.08 bits per heavy atom. The number of carbonyl (C=O) groups excluding carboxylic acids is 1. The molecule has 3 nitrogen and oxygen atoms in total. The first-order chi connectivity index (χ1) is 11.0. The molecule has 0 fully saturated rings. The SMILES string of the molecule is CCOC(=O)C(C)(CC(C)N)c1ccc(-c2ccccc2)cc1.Cl. The Balaban J connectivity index is 0.00000288. The normalized spacial score (nSPS) is 14.2. The van der Waals surface area contributed by atoms with Gasteiger partial charge in [-0.05, 0) is 43.9 Å². The van der Waals surface area contributed by atoms with Crippen LogP contribution in [0.25, 0.3) is 11.1 Å². The van der Waals surface area contributed by atoms with Crippen LogP contribution in [0.3, 0.4) is 0 Å².